The van der Waals surface area contributed by atoms with Gasteiger partial charge in [-0.2, -0.15) is 0 Å². The van der Waals surface area contributed by atoms with Gasteiger partial charge in [0, 0.05) is 13.0 Å². The monoisotopic (exact) mass is 168 g/mol. The van der Waals surface area contributed by atoms with Crippen LogP contribution in [0.4, 0.5) is 4.39 Å². The average Bonchev–Trinajstić information content (AvgIpc) is 1.96. The van der Waals surface area contributed by atoms with Crippen LogP contribution in [0, 0.1) is 12.7 Å². The van der Waals surface area contributed by atoms with Gasteiger partial charge in [0.2, 0.25) is 0 Å². The molecule has 0 radical (unpaired) electrons. The third-order valence-electron chi connectivity index (χ3n) is 1.40. The van der Waals surface area contributed by atoms with Gasteiger partial charge in [-0.1, -0.05) is 6.07 Å². The van der Waals surface area contributed by atoms with Crippen molar-refractivity contribution in [3.63, 3.8) is 0 Å². The van der Waals surface area contributed by atoms with Gasteiger partial charge < -0.3 is 4.74 Å². The highest BCUT2D eigenvalue weighted by atomic mass is 19.1. The number of aryl methyl sites for hydroxylation is 1. The molecule has 0 saturated heterocycles. The Morgan fingerprint density at radius 1 is 1.50 bits per heavy atom. The quantitative estimate of drug-likeness (QED) is 0.474. The van der Waals surface area contributed by atoms with E-state index in [-0.39, 0.29) is 11.6 Å². The lowest BCUT2D eigenvalue weighted by Gasteiger charge is -2.01. The molecule has 3 heteroatoms. The molecule has 0 saturated carbocycles. The van der Waals surface area contributed by atoms with Crippen molar-refractivity contribution >= 4 is 5.97 Å². The fraction of sp³-hybridized carbons (Fsp3) is 0.222. The minimum atomic E-state index is -0.446. The Hall–Kier alpha value is -1.38. The van der Waals surface area contributed by atoms with Crippen LogP contribution >= 0.6 is 0 Å². The zero-order chi connectivity index (χ0) is 9.14. The molecule has 0 aliphatic rings. The van der Waals surface area contributed by atoms with Gasteiger partial charge in [0.1, 0.15) is 11.6 Å². The third-order valence-corrected chi connectivity index (χ3v) is 1.40. The highest BCUT2D eigenvalue weighted by Crippen LogP contribution is 2.15. The minimum absolute atomic E-state index is 0.241. The summed E-state index contributed by atoms with van der Waals surface area (Å²) in [6, 6.07) is 4.31. The van der Waals surface area contributed by atoms with Crippen LogP contribution in [0.2, 0.25) is 0 Å². The van der Waals surface area contributed by atoms with Gasteiger partial charge in [-0.3, -0.25) is 4.79 Å². The van der Waals surface area contributed by atoms with E-state index in [9.17, 15) is 9.18 Å². The first-order valence-electron chi connectivity index (χ1n) is 3.54. The molecule has 0 aromatic heterocycles. The summed E-state index contributed by atoms with van der Waals surface area (Å²) in [6.45, 7) is 2.92. The smallest absolute Gasteiger partial charge is 0.308 e. The average molecular weight is 168 g/mol. The molecular weight excluding hydrogens is 159 g/mol. The molecule has 64 valence electrons. The summed E-state index contributed by atoms with van der Waals surface area (Å²) in [7, 11) is 0. The van der Waals surface area contributed by atoms with Crippen molar-refractivity contribution < 1.29 is 13.9 Å². The maximum absolute atomic E-state index is 12.8. The molecule has 0 unspecified atom stereocenters. The van der Waals surface area contributed by atoms with Crippen LogP contribution in [-0.2, 0) is 4.79 Å². The van der Waals surface area contributed by atoms with E-state index in [0.717, 1.165) is 0 Å². The van der Waals surface area contributed by atoms with Gasteiger partial charge in [-0.05, 0) is 18.6 Å². The zero-order valence-electron chi connectivity index (χ0n) is 6.93. The van der Waals surface area contributed by atoms with E-state index in [1.54, 1.807) is 19.1 Å². The summed E-state index contributed by atoms with van der Waals surface area (Å²) in [5.74, 6) is -0.572. The second-order valence-electron chi connectivity index (χ2n) is 2.50. The molecule has 1 rings (SSSR count). The number of halogens is 1. The lowest BCUT2D eigenvalue weighted by atomic mass is 10.2. The van der Waals surface area contributed by atoms with Crippen molar-refractivity contribution in [2.24, 2.45) is 0 Å². The number of hydrogen-bond donors (Lipinski definition) is 0. The lowest BCUT2D eigenvalue weighted by Crippen LogP contribution is -2.01. The molecule has 0 fully saturated rings. The fourth-order valence-electron chi connectivity index (χ4n) is 0.803. The van der Waals surface area contributed by atoms with Crippen LogP contribution in [-0.4, -0.2) is 5.97 Å². The SMILES string of the molecule is CC(=O)Oc1ccc(C)c(F)c1. The Balaban J connectivity index is 2.89. The fourth-order valence-corrected chi connectivity index (χ4v) is 0.803. The van der Waals surface area contributed by atoms with Gasteiger partial charge in [0.25, 0.3) is 0 Å². The maximum atomic E-state index is 12.8. The van der Waals surface area contributed by atoms with E-state index in [1.807, 2.05) is 0 Å². The van der Waals surface area contributed by atoms with Crippen molar-refractivity contribution in [3.05, 3.63) is 29.6 Å². The maximum Gasteiger partial charge on any atom is 0.308 e. The van der Waals surface area contributed by atoms with E-state index in [1.165, 1.54) is 13.0 Å². The van der Waals surface area contributed by atoms with E-state index in [2.05, 4.69) is 4.74 Å². The van der Waals surface area contributed by atoms with Crippen molar-refractivity contribution in [1.29, 1.82) is 0 Å². The van der Waals surface area contributed by atoms with Crippen molar-refractivity contribution in [1.82, 2.24) is 0 Å². The number of carbonyl (C=O) groups excluding carboxylic acids is 1. The number of rotatable bonds is 1. The largest absolute Gasteiger partial charge is 0.427 e. The molecule has 0 N–H and O–H groups in total. The number of ether oxygens (including phenoxy) is 1. The summed E-state index contributed by atoms with van der Waals surface area (Å²) in [5, 5.41) is 0. The first-order chi connectivity index (χ1) is 5.59. The van der Waals surface area contributed by atoms with Gasteiger partial charge in [-0.25, -0.2) is 4.39 Å². The Kier molecular flexibility index (Phi) is 2.43. The van der Waals surface area contributed by atoms with Gasteiger partial charge >= 0.3 is 5.97 Å². The molecule has 0 atom stereocenters. The van der Waals surface area contributed by atoms with Crippen LogP contribution in [0.15, 0.2) is 18.2 Å². The predicted octanol–water partition coefficient (Wildman–Crippen LogP) is 2.06. The summed E-state index contributed by atoms with van der Waals surface area (Å²) >= 11 is 0. The van der Waals surface area contributed by atoms with E-state index < -0.39 is 5.97 Å². The third kappa shape index (κ3) is 2.05. The molecule has 0 amide bonds. The first kappa shape index (κ1) is 8.71. The second-order valence-corrected chi connectivity index (χ2v) is 2.50. The van der Waals surface area contributed by atoms with E-state index in [4.69, 9.17) is 0 Å². The Bertz CT molecular complexity index is 307. The Morgan fingerprint density at radius 3 is 2.67 bits per heavy atom. The summed E-state index contributed by atoms with van der Waals surface area (Å²) in [4.78, 5) is 10.5. The van der Waals surface area contributed by atoms with Crippen LogP contribution in [0.5, 0.6) is 5.75 Å². The second kappa shape index (κ2) is 3.34. The number of carbonyl (C=O) groups is 1. The molecule has 0 bridgehead atoms. The molecule has 2 nitrogen and oxygen atoms in total. The lowest BCUT2D eigenvalue weighted by molar-refractivity contribution is -0.131. The Labute approximate surface area is 70.0 Å². The van der Waals surface area contributed by atoms with E-state index >= 15 is 0 Å². The number of esters is 1. The summed E-state index contributed by atoms with van der Waals surface area (Å²) < 4.78 is 17.5. The number of benzene rings is 1. The molecule has 0 aliphatic carbocycles. The van der Waals surface area contributed by atoms with Gasteiger partial charge in [0.05, 0.1) is 0 Å². The van der Waals surface area contributed by atoms with Crippen LogP contribution < -0.4 is 4.74 Å². The minimum Gasteiger partial charge on any atom is -0.427 e. The normalized spacial score (nSPS) is 9.58. The van der Waals surface area contributed by atoms with Crippen molar-refractivity contribution in [2.45, 2.75) is 13.8 Å². The van der Waals surface area contributed by atoms with Crippen molar-refractivity contribution in [3.8, 4) is 5.75 Å². The number of hydrogen-bond acceptors (Lipinski definition) is 2. The topological polar surface area (TPSA) is 26.3 Å². The summed E-state index contributed by atoms with van der Waals surface area (Å²) in [6.07, 6.45) is 0. The zero-order valence-corrected chi connectivity index (χ0v) is 6.93. The van der Waals surface area contributed by atoms with Gasteiger partial charge in [0.15, 0.2) is 0 Å². The molecule has 0 heterocycles. The van der Waals surface area contributed by atoms with Crippen LogP contribution in [0.3, 0.4) is 0 Å². The van der Waals surface area contributed by atoms with Crippen LogP contribution in [0.1, 0.15) is 12.5 Å². The van der Waals surface area contributed by atoms with Crippen LogP contribution in [0.25, 0.3) is 0 Å². The summed E-state index contributed by atoms with van der Waals surface area (Å²) in [5.41, 5.74) is 0.533. The standard InChI is InChI=1S/C9H9FO2/c1-6-3-4-8(5-9(6)10)12-7(2)11/h3-5H,1-2H3. The first-order valence-corrected chi connectivity index (χ1v) is 3.54. The predicted molar refractivity (Wildman–Crippen MR) is 42.4 cm³/mol. The molecule has 0 aliphatic heterocycles. The van der Waals surface area contributed by atoms with Crippen molar-refractivity contribution in [2.75, 3.05) is 0 Å². The highest BCUT2D eigenvalue weighted by Gasteiger charge is 2.01. The van der Waals surface area contributed by atoms with Gasteiger partial charge in [-0.15, -0.1) is 0 Å². The molecule has 1 aromatic carbocycles. The molecule has 0 spiro atoms. The highest BCUT2D eigenvalue weighted by molar-refractivity contribution is 5.69. The Morgan fingerprint density at radius 2 is 2.17 bits per heavy atom. The molecular formula is C9H9FO2. The molecule has 12 heavy (non-hydrogen) atoms. The van der Waals surface area contributed by atoms with E-state index in [0.29, 0.717) is 5.56 Å². The molecule has 1 aromatic rings.